The van der Waals surface area contributed by atoms with Crippen molar-refractivity contribution in [2.45, 2.75) is 19.3 Å². The Morgan fingerprint density at radius 3 is 2.30 bits per heavy atom. The second-order valence-corrected chi connectivity index (χ2v) is 5.15. The summed E-state index contributed by atoms with van der Waals surface area (Å²) < 4.78 is 12.9. The third kappa shape index (κ3) is 4.97. The lowest BCUT2D eigenvalue weighted by molar-refractivity contribution is -0.125. The molecular weight excluding hydrogens is 261 g/mol. The predicted molar refractivity (Wildman–Crippen MR) is 74.5 cm³/mol. The van der Waals surface area contributed by atoms with Crippen molar-refractivity contribution in [1.29, 1.82) is 0 Å². The number of nitrogens with two attached hydrogens (primary N) is 1. The Balaban J connectivity index is 2.48. The lowest BCUT2D eigenvalue weighted by atomic mass is 9.84. The summed E-state index contributed by atoms with van der Waals surface area (Å²) in [7, 11) is 0. The van der Waals surface area contributed by atoms with Crippen molar-refractivity contribution in [3.63, 3.8) is 0 Å². The van der Waals surface area contributed by atoms with Crippen LogP contribution in [0.4, 0.5) is 4.39 Å². The number of halogens is 1. The molecule has 0 aliphatic rings. The van der Waals surface area contributed by atoms with Gasteiger partial charge in [-0.2, -0.15) is 0 Å². The molecule has 0 aliphatic heterocycles. The fourth-order valence-corrected chi connectivity index (χ4v) is 1.64. The van der Waals surface area contributed by atoms with Crippen molar-refractivity contribution in [1.82, 2.24) is 10.6 Å². The first-order valence-corrected chi connectivity index (χ1v) is 6.34. The van der Waals surface area contributed by atoms with Gasteiger partial charge >= 0.3 is 0 Å². The molecule has 0 atom stereocenters. The van der Waals surface area contributed by atoms with E-state index in [2.05, 4.69) is 10.6 Å². The molecule has 0 unspecified atom stereocenters. The first-order chi connectivity index (χ1) is 9.35. The van der Waals surface area contributed by atoms with Crippen molar-refractivity contribution in [2.75, 3.05) is 19.6 Å². The molecule has 110 valence electrons. The Labute approximate surface area is 117 Å². The van der Waals surface area contributed by atoms with Crippen LogP contribution < -0.4 is 16.4 Å². The van der Waals surface area contributed by atoms with Crippen LogP contribution in [0, 0.1) is 5.82 Å². The van der Waals surface area contributed by atoms with Crippen molar-refractivity contribution >= 4 is 11.8 Å². The fraction of sp³-hybridized carbons (Fsp3) is 0.429. The maximum Gasteiger partial charge on any atom is 0.239 e. The summed E-state index contributed by atoms with van der Waals surface area (Å²) in [5.74, 6) is -0.960. The van der Waals surface area contributed by atoms with Crippen LogP contribution in [0.1, 0.15) is 19.4 Å². The van der Waals surface area contributed by atoms with Gasteiger partial charge in [0, 0.05) is 12.0 Å². The van der Waals surface area contributed by atoms with E-state index in [1.807, 2.05) is 13.8 Å². The first kappa shape index (κ1) is 16.1. The molecule has 1 rings (SSSR count). The monoisotopic (exact) mass is 281 g/mol. The zero-order valence-corrected chi connectivity index (χ0v) is 11.7. The maximum absolute atomic E-state index is 12.9. The second kappa shape index (κ2) is 7.00. The summed E-state index contributed by atoms with van der Waals surface area (Å²) in [6.45, 7) is 4.03. The molecule has 0 spiro atoms. The Kier molecular flexibility index (Phi) is 5.64. The maximum atomic E-state index is 12.9. The van der Waals surface area contributed by atoms with E-state index in [0.717, 1.165) is 5.56 Å². The number of hydrogen-bond acceptors (Lipinski definition) is 3. The summed E-state index contributed by atoms with van der Waals surface area (Å²) >= 11 is 0. The largest absolute Gasteiger partial charge is 0.354 e. The zero-order chi connectivity index (χ0) is 15.2. The lowest BCUT2D eigenvalue weighted by Gasteiger charge is -2.25. The Morgan fingerprint density at radius 2 is 1.75 bits per heavy atom. The zero-order valence-electron chi connectivity index (χ0n) is 11.7. The van der Waals surface area contributed by atoms with E-state index < -0.39 is 0 Å². The fourth-order valence-electron chi connectivity index (χ4n) is 1.64. The lowest BCUT2D eigenvalue weighted by Crippen LogP contribution is -2.43. The molecule has 0 radical (unpaired) electrons. The highest BCUT2D eigenvalue weighted by molar-refractivity contribution is 5.85. The van der Waals surface area contributed by atoms with Gasteiger partial charge in [-0.05, 0) is 17.7 Å². The average molecular weight is 281 g/mol. The third-order valence-corrected chi connectivity index (χ3v) is 2.98. The molecule has 0 aliphatic carbocycles. The van der Waals surface area contributed by atoms with Crippen LogP contribution in [0.2, 0.25) is 0 Å². The van der Waals surface area contributed by atoms with Gasteiger partial charge in [0.1, 0.15) is 5.82 Å². The summed E-state index contributed by atoms with van der Waals surface area (Å²) in [6.07, 6.45) is 0. The number of benzene rings is 1. The van der Waals surface area contributed by atoms with Crippen molar-refractivity contribution in [3.8, 4) is 0 Å². The summed E-state index contributed by atoms with van der Waals surface area (Å²) in [4.78, 5) is 22.5. The van der Waals surface area contributed by atoms with E-state index in [9.17, 15) is 14.0 Å². The molecule has 0 heterocycles. The molecule has 2 amide bonds. The van der Waals surface area contributed by atoms with E-state index in [0.29, 0.717) is 6.54 Å². The average Bonchev–Trinajstić information content (AvgIpc) is 2.43. The topological polar surface area (TPSA) is 84.2 Å². The smallest absolute Gasteiger partial charge is 0.239 e. The first-order valence-electron chi connectivity index (χ1n) is 6.34. The van der Waals surface area contributed by atoms with Crippen LogP contribution in [0.15, 0.2) is 24.3 Å². The van der Waals surface area contributed by atoms with Gasteiger partial charge in [-0.25, -0.2) is 4.39 Å². The van der Waals surface area contributed by atoms with E-state index >= 15 is 0 Å². The summed E-state index contributed by atoms with van der Waals surface area (Å²) in [5, 5.41) is 5.12. The van der Waals surface area contributed by atoms with Crippen LogP contribution in [0.3, 0.4) is 0 Å². The van der Waals surface area contributed by atoms with E-state index in [4.69, 9.17) is 5.73 Å². The van der Waals surface area contributed by atoms with Crippen LogP contribution in [-0.4, -0.2) is 31.4 Å². The Bertz CT molecular complexity index is 472. The Morgan fingerprint density at radius 1 is 1.15 bits per heavy atom. The standard InChI is InChI=1S/C14H20FN3O2/c1-14(2,10-3-5-11(15)6-4-10)9-18-13(20)8-17-12(19)7-16/h3-6H,7-9,16H2,1-2H3,(H,17,19)(H,18,20). The minimum Gasteiger partial charge on any atom is -0.354 e. The number of rotatable bonds is 6. The minimum absolute atomic E-state index is 0.102. The van der Waals surface area contributed by atoms with Gasteiger partial charge in [-0.1, -0.05) is 26.0 Å². The summed E-state index contributed by atoms with van der Waals surface area (Å²) in [5.41, 5.74) is 5.70. The van der Waals surface area contributed by atoms with Crippen molar-refractivity contribution < 1.29 is 14.0 Å². The second-order valence-electron chi connectivity index (χ2n) is 5.15. The van der Waals surface area contributed by atoms with Gasteiger partial charge in [-0.3, -0.25) is 9.59 Å². The van der Waals surface area contributed by atoms with Crippen LogP contribution in [0.25, 0.3) is 0 Å². The van der Waals surface area contributed by atoms with Gasteiger partial charge in [0.25, 0.3) is 0 Å². The number of hydrogen-bond donors (Lipinski definition) is 3. The van der Waals surface area contributed by atoms with Gasteiger partial charge in [0.15, 0.2) is 0 Å². The number of amides is 2. The van der Waals surface area contributed by atoms with Gasteiger partial charge in [0.2, 0.25) is 11.8 Å². The van der Waals surface area contributed by atoms with Crippen LogP contribution in [0.5, 0.6) is 0 Å². The molecule has 0 fully saturated rings. The quantitative estimate of drug-likeness (QED) is 0.701. The third-order valence-electron chi connectivity index (χ3n) is 2.98. The molecule has 0 saturated heterocycles. The normalized spacial score (nSPS) is 11.0. The summed E-state index contributed by atoms with van der Waals surface area (Å²) in [6, 6.07) is 6.16. The predicted octanol–water partition coefficient (Wildman–Crippen LogP) is 0.294. The molecule has 0 saturated carbocycles. The molecule has 1 aromatic carbocycles. The molecule has 0 bridgehead atoms. The van der Waals surface area contributed by atoms with Crippen LogP contribution >= 0.6 is 0 Å². The molecule has 5 nitrogen and oxygen atoms in total. The van der Waals surface area contributed by atoms with Gasteiger partial charge in [0.05, 0.1) is 13.1 Å². The highest BCUT2D eigenvalue weighted by Gasteiger charge is 2.21. The highest BCUT2D eigenvalue weighted by atomic mass is 19.1. The van der Waals surface area contributed by atoms with E-state index in [1.165, 1.54) is 12.1 Å². The Hall–Kier alpha value is -1.95. The van der Waals surface area contributed by atoms with E-state index in [1.54, 1.807) is 12.1 Å². The van der Waals surface area contributed by atoms with Crippen LogP contribution in [-0.2, 0) is 15.0 Å². The minimum atomic E-state index is -0.377. The molecular formula is C14H20FN3O2. The molecule has 4 N–H and O–H groups in total. The SMILES string of the molecule is CC(C)(CNC(=O)CNC(=O)CN)c1ccc(F)cc1. The molecule has 0 aromatic heterocycles. The molecule has 1 aromatic rings. The number of nitrogens with one attached hydrogen (secondary N) is 2. The highest BCUT2D eigenvalue weighted by Crippen LogP contribution is 2.22. The molecule has 6 heteroatoms. The van der Waals surface area contributed by atoms with Crippen molar-refractivity contribution in [3.05, 3.63) is 35.6 Å². The number of carbonyl (C=O) groups is 2. The number of carbonyl (C=O) groups excluding carboxylic acids is 2. The van der Waals surface area contributed by atoms with E-state index in [-0.39, 0.29) is 36.1 Å². The van der Waals surface area contributed by atoms with Crippen molar-refractivity contribution in [2.24, 2.45) is 5.73 Å². The van der Waals surface area contributed by atoms with Gasteiger partial charge in [-0.15, -0.1) is 0 Å². The molecule has 20 heavy (non-hydrogen) atoms. The van der Waals surface area contributed by atoms with Gasteiger partial charge < -0.3 is 16.4 Å².